The maximum Gasteiger partial charge on any atom is 0.240 e. The molecule has 3 N–H and O–H groups in total. The standard InChI is InChI=1S/C13H13N3O3S/c14-8-1-2-11-3-5-13(6-4-11)20(17,18)16-10-12-7-9-15-19-12/h3-7,9,16H,8,10,14H2. The van der Waals surface area contributed by atoms with Crippen molar-refractivity contribution in [3.8, 4) is 11.8 Å². The van der Waals surface area contributed by atoms with Crippen molar-refractivity contribution >= 4 is 10.0 Å². The number of hydrogen-bond acceptors (Lipinski definition) is 5. The lowest BCUT2D eigenvalue weighted by atomic mass is 10.2. The zero-order valence-corrected chi connectivity index (χ0v) is 11.4. The molecule has 0 aliphatic carbocycles. The Balaban J connectivity index is 2.09. The first-order chi connectivity index (χ1) is 9.62. The summed E-state index contributed by atoms with van der Waals surface area (Å²) in [6, 6.07) is 7.83. The minimum absolute atomic E-state index is 0.0526. The van der Waals surface area contributed by atoms with Gasteiger partial charge in [0.1, 0.15) is 0 Å². The monoisotopic (exact) mass is 291 g/mol. The van der Waals surface area contributed by atoms with Gasteiger partial charge in [0.05, 0.1) is 24.2 Å². The summed E-state index contributed by atoms with van der Waals surface area (Å²) >= 11 is 0. The number of hydrogen-bond donors (Lipinski definition) is 2. The van der Waals surface area contributed by atoms with E-state index < -0.39 is 10.0 Å². The Hall–Kier alpha value is -2.14. The van der Waals surface area contributed by atoms with E-state index in [1.807, 2.05) is 0 Å². The number of benzene rings is 1. The molecule has 1 aromatic heterocycles. The lowest BCUT2D eigenvalue weighted by Gasteiger charge is -2.04. The first-order valence-electron chi connectivity index (χ1n) is 5.80. The first-order valence-corrected chi connectivity index (χ1v) is 7.28. The van der Waals surface area contributed by atoms with Gasteiger partial charge in [-0.05, 0) is 24.3 Å². The third-order valence-corrected chi connectivity index (χ3v) is 3.84. The maximum absolute atomic E-state index is 12.0. The van der Waals surface area contributed by atoms with Crippen molar-refractivity contribution in [1.82, 2.24) is 9.88 Å². The topological polar surface area (TPSA) is 98.2 Å². The van der Waals surface area contributed by atoms with E-state index in [2.05, 4.69) is 21.7 Å². The molecule has 0 atom stereocenters. The minimum atomic E-state index is -3.58. The third-order valence-electron chi connectivity index (χ3n) is 2.43. The Morgan fingerprint density at radius 2 is 2.00 bits per heavy atom. The quantitative estimate of drug-likeness (QED) is 0.798. The van der Waals surface area contributed by atoms with E-state index in [1.165, 1.54) is 18.3 Å². The van der Waals surface area contributed by atoms with Crippen molar-refractivity contribution in [3.63, 3.8) is 0 Å². The second-order valence-electron chi connectivity index (χ2n) is 3.83. The molecule has 0 unspecified atom stereocenters. The highest BCUT2D eigenvalue weighted by atomic mass is 32.2. The molecule has 0 saturated heterocycles. The minimum Gasteiger partial charge on any atom is -0.360 e. The fourth-order valence-electron chi connectivity index (χ4n) is 1.45. The second kappa shape index (κ2) is 6.34. The van der Waals surface area contributed by atoms with Crippen LogP contribution in [0.5, 0.6) is 0 Å². The molecule has 0 spiro atoms. The molecular formula is C13H13N3O3S. The van der Waals surface area contributed by atoms with Crippen LogP contribution in [0.2, 0.25) is 0 Å². The van der Waals surface area contributed by atoms with E-state index in [1.54, 1.807) is 18.2 Å². The molecule has 6 nitrogen and oxygen atoms in total. The fourth-order valence-corrected chi connectivity index (χ4v) is 2.45. The summed E-state index contributed by atoms with van der Waals surface area (Å²) in [5, 5.41) is 3.50. The molecule has 2 rings (SSSR count). The van der Waals surface area contributed by atoms with Crippen LogP contribution in [0.1, 0.15) is 11.3 Å². The molecule has 7 heteroatoms. The van der Waals surface area contributed by atoms with Gasteiger partial charge in [0.15, 0.2) is 5.76 Å². The molecule has 0 aliphatic rings. The fraction of sp³-hybridized carbons (Fsp3) is 0.154. The number of nitrogens with zero attached hydrogens (tertiary/aromatic N) is 1. The Labute approximate surface area is 117 Å². The van der Waals surface area contributed by atoms with Crippen LogP contribution in [0, 0.1) is 11.8 Å². The molecule has 20 heavy (non-hydrogen) atoms. The van der Waals surface area contributed by atoms with Gasteiger partial charge in [0, 0.05) is 11.6 Å². The predicted octanol–water partition coefficient (Wildman–Crippen LogP) is 0.463. The Morgan fingerprint density at radius 3 is 2.60 bits per heavy atom. The molecule has 0 fully saturated rings. The SMILES string of the molecule is NCC#Cc1ccc(S(=O)(=O)NCc2ccno2)cc1. The van der Waals surface area contributed by atoms with E-state index in [4.69, 9.17) is 10.3 Å². The smallest absolute Gasteiger partial charge is 0.240 e. The highest BCUT2D eigenvalue weighted by Crippen LogP contribution is 2.10. The average molecular weight is 291 g/mol. The van der Waals surface area contributed by atoms with Crippen LogP contribution in [0.15, 0.2) is 45.9 Å². The summed E-state index contributed by atoms with van der Waals surface area (Å²) in [6.45, 7) is 0.315. The van der Waals surface area contributed by atoms with E-state index in [0.717, 1.165) is 0 Å². The van der Waals surface area contributed by atoms with Gasteiger partial charge in [-0.3, -0.25) is 0 Å². The Bertz CT molecular complexity index is 710. The lowest BCUT2D eigenvalue weighted by molar-refractivity contribution is 0.380. The summed E-state index contributed by atoms with van der Waals surface area (Å²) in [4.78, 5) is 0.162. The van der Waals surface area contributed by atoms with E-state index in [0.29, 0.717) is 11.3 Å². The number of aromatic nitrogens is 1. The van der Waals surface area contributed by atoms with Crippen LogP contribution in [0.25, 0.3) is 0 Å². The summed E-state index contributed by atoms with van der Waals surface area (Å²) in [5.74, 6) is 5.97. The van der Waals surface area contributed by atoms with Crippen LogP contribution in [0.3, 0.4) is 0 Å². The van der Waals surface area contributed by atoms with Crippen molar-refractivity contribution in [2.75, 3.05) is 6.54 Å². The van der Waals surface area contributed by atoms with Gasteiger partial charge in [0.25, 0.3) is 0 Å². The van der Waals surface area contributed by atoms with E-state index in [-0.39, 0.29) is 18.0 Å². The Kier molecular flexibility index (Phi) is 4.53. The number of rotatable bonds is 4. The van der Waals surface area contributed by atoms with Gasteiger partial charge >= 0.3 is 0 Å². The Morgan fingerprint density at radius 1 is 1.25 bits per heavy atom. The molecule has 0 bridgehead atoms. The molecule has 1 heterocycles. The molecule has 0 radical (unpaired) electrons. The summed E-state index contributed by atoms with van der Waals surface area (Å²) in [7, 11) is -3.58. The molecule has 2 aromatic rings. The predicted molar refractivity (Wildman–Crippen MR) is 72.9 cm³/mol. The number of sulfonamides is 1. The van der Waals surface area contributed by atoms with E-state index >= 15 is 0 Å². The summed E-state index contributed by atoms with van der Waals surface area (Å²) in [6.07, 6.45) is 1.45. The van der Waals surface area contributed by atoms with Crippen LogP contribution in [-0.2, 0) is 16.6 Å². The van der Waals surface area contributed by atoms with Crippen LogP contribution in [-0.4, -0.2) is 20.1 Å². The highest BCUT2D eigenvalue weighted by Gasteiger charge is 2.14. The molecule has 0 aliphatic heterocycles. The van der Waals surface area contributed by atoms with Crippen LogP contribution < -0.4 is 10.5 Å². The van der Waals surface area contributed by atoms with Crippen molar-refractivity contribution in [2.24, 2.45) is 5.73 Å². The number of nitrogens with one attached hydrogen (secondary N) is 1. The molecule has 0 amide bonds. The zero-order chi connectivity index (χ0) is 14.4. The van der Waals surface area contributed by atoms with Gasteiger partial charge in [-0.25, -0.2) is 13.1 Å². The van der Waals surface area contributed by atoms with Crippen molar-refractivity contribution in [2.45, 2.75) is 11.4 Å². The van der Waals surface area contributed by atoms with Crippen molar-refractivity contribution < 1.29 is 12.9 Å². The molecule has 1 aromatic carbocycles. The van der Waals surface area contributed by atoms with Crippen LogP contribution >= 0.6 is 0 Å². The maximum atomic E-state index is 12.0. The van der Waals surface area contributed by atoms with Gasteiger partial charge in [-0.15, -0.1) is 0 Å². The third kappa shape index (κ3) is 3.68. The summed E-state index contributed by atoms with van der Waals surface area (Å²) < 4.78 is 31.3. The van der Waals surface area contributed by atoms with E-state index in [9.17, 15) is 8.42 Å². The van der Waals surface area contributed by atoms with Gasteiger partial charge in [-0.1, -0.05) is 17.0 Å². The zero-order valence-electron chi connectivity index (χ0n) is 10.5. The molecule has 0 saturated carbocycles. The normalized spacial score (nSPS) is 10.8. The highest BCUT2D eigenvalue weighted by molar-refractivity contribution is 7.89. The van der Waals surface area contributed by atoms with Gasteiger partial charge in [0.2, 0.25) is 10.0 Å². The van der Waals surface area contributed by atoms with Crippen LogP contribution in [0.4, 0.5) is 0 Å². The second-order valence-corrected chi connectivity index (χ2v) is 5.60. The summed E-state index contributed by atoms with van der Waals surface area (Å²) in [5.41, 5.74) is 5.98. The number of nitrogens with two attached hydrogens (primary N) is 1. The first kappa shape index (κ1) is 14.3. The van der Waals surface area contributed by atoms with Crippen molar-refractivity contribution in [1.29, 1.82) is 0 Å². The van der Waals surface area contributed by atoms with Gasteiger partial charge in [-0.2, -0.15) is 0 Å². The molecule has 104 valence electrons. The van der Waals surface area contributed by atoms with Crippen molar-refractivity contribution in [3.05, 3.63) is 47.9 Å². The average Bonchev–Trinajstić information content (AvgIpc) is 2.97. The largest absolute Gasteiger partial charge is 0.360 e. The lowest BCUT2D eigenvalue weighted by Crippen LogP contribution is -2.22. The van der Waals surface area contributed by atoms with Gasteiger partial charge < -0.3 is 10.3 Å². The molecular weight excluding hydrogens is 278 g/mol.